The van der Waals surface area contributed by atoms with Gasteiger partial charge in [-0.3, -0.25) is 9.69 Å². The molecule has 25 heavy (non-hydrogen) atoms. The van der Waals surface area contributed by atoms with E-state index in [0.717, 1.165) is 32.5 Å². The van der Waals surface area contributed by atoms with Crippen molar-refractivity contribution in [3.63, 3.8) is 0 Å². The fraction of sp³-hybridized carbons (Fsp3) is 0.667. The number of amides is 1. The molecular weight excluding hydrogens is 310 g/mol. The minimum Gasteiger partial charge on any atom is -0.337 e. The Morgan fingerprint density at radius 1 is 1.20 bits per heavy atom. The number of benzene rings is 1. The molecule has 1 aliphatic heterocycles. The Hall–Kier alpha value is -1.39. The summed E-state index contributed by atoms with van der Waals surface area (Å²) in [4.78, 5) is 17.5. The molecule has 4 heteroatoms. The number of nitrogens with zero attached hydrogens (tertiary/aromatic N) is 2. The first-order chi connectivity index (χ1) is 12.1. The van der Waals surface area contributed by atoms with Crippen LogP contribution in [0, 0.1) is 5.92 Å². The monoisotopic (exact) mass is 343 g/mol. The summed E-state index contributed by atoms with van der Waals surface area (Å²) < 4.78 is 0. The second kappa shape index (κ2) is 8.33. The van der Waals surface area contributed by atoms with E-state index in [0.29, 0.717) is 12.1 Å². The van der Waals surface area contributed by atoms with E-state index in [4.69, 9.17) is 5.73 Å². The Labute approximate surface area is 152 Å². The van der Waals surface area contributed by atoms with Crippen LogP contribution in [0.25, 0.3) is 0 Å². The van der Waals surface area contributed by atoms with Crippen LogP contribution < -0.4 is 5.73 Å². The number of carbonyl (C=O) groups excluding carboxylic acids is 1. The summed E-state index contributed by atoms with van der Waals surface area (Å²) in [5.74, 6) is 0.342. The Morgan fingerprint density at radius 3 is 2.56 bits per heavy atom. The molecule has 2 atom stereocenters. The predicted octanol–water partition coefficient (Wildman–Crippen LogP) is 3.02. The molecule has 0 spiro atoms. The molecule has 1 saturated heterocycles. The van der Waals surface area contributed by atoms with Crippen molar-refractivity contribution in [3.8, 4) is 0 Å². The Morgan fingerprint density at radius 2 is 1.92 bits per heavy atom. The highest BCUT2D eigenvalue weighted by Crippen LogP contribution is 2.30. The van der Waals surface area contributed by atoms with Gasteiger partial charge in [-0.15, -0.1) is 0 Å². The van der Waals surface area contributed by atoms with Crippen molar-refractivity contribution >= 4 is 5.91 Å². The lowest BCUT2D eigenvalue weighted by atomic mass is 9.97. The van der Waals surface area contributed by atoms with Crippen molar-refractivity contribution in [2.75, 3.05) is 13.1 Å². The molecule has 1 aliphatic carbocycles. The first-order valence-electron chi connectivity index (χ1n) is 9.90. The zero-order valence-corrected chi connectivity index (χ0v) is 15.7. The molecule has 2 unspecified atom stereocenters. The van der Waals surface area contributed by atoms with E-state index in [1.54, 1.807) is 0 Å². The minimum absolute atomic E-state index is 0.148. The molecule has 0 radical (unpaired) electrons. The van der Waals surface area contributed by atoms with Gasteiger partial charge in [0.2, 0.25) is 5.91 Å². The highest BCUT2D eigenvalue weighted by molar-refractivity contribution is 5.82. The summed E-state index contributed by atoms with van der Waals surface area (Å²) in [7, 11) is 0. The number of piperidine rings is 1. The van der Waals surface area contributed by atoms with Gasteiger partial charge in [-0.2, -0.15) is 0 Å². The largest absolute Gasteiger partial charge is 0.337 e. The van der Waals surface area contributed by atoms with E-state index in [2.05, 4.69) is 40.1 Å². The molecule has 2 fully saturated rings. The number of likely N-dealkylation sites (tertiary alicyclic amines) is 1. The first-order valence-corrected chi connectivity index (χ1v) is 9.90. The summed E-state index contributed by atoms with van der Waals surface area (Å²) in [6, 6.07) is 11.3. The number of hydrogen-bond acceptors (Lipinski definition) is 3. The van der Waals surface area contributed by atoms with Crippen molar-refractivity contribution in [2.45, 2.75) is 70.6 Å². The van der Waals surface area contributed by atoms with Gasteiger partial charge >= 0.3 is 0 Å². The standard InChI is InChI=1S/C21H33N3O/c1-16(2)20(22)21(25)24-13-7-6-10-19(24)15-23(18-11-12-18)14-17-8-4-3-5-9-17/h3-5,8-9,16,18-20H,6-7,10-15,22H2,1-2H3. The molecule has 4 nitrogen and oxygen atoms in total. The van der Waals surface area contributed by atoms with E-state index >= 15 is 0 Å². The number of hydrogen-bond donors (Lipinski definition) is 1. The lowest BCUT2D eigenvalue weighted by molar-refractivity contribution is -0.137. The molecule has 2 aliphatic rings. The fourth-order valence-electron chi connectivity index (χ4n) is 3.83. The lowest BCUT2D eigenvalue weighted by Crippen LogP contribution is -2.55. The molecule has 2 N–H and O–H groups in total. The highest BCUT2D eigenvalue weighted by Gasteiger charge is 2.35. The molecule has 0 bridgehead atoms. The average molecular weight is 344 g/mol. The normalized spacial score (nSPS) is 22.4. The number of rotatable bonds is 7. The maximum absolute atomic E-state index is 12.9. The molecule has 1 saturated carbocycles. The van der Waals surface area contributed by atoms with Crippen molar-refractivity contribution < 1.29 is 4.79 Å². The highest BCUT2D eigenvalue weighted by atomic mass is 16.2. The number of nitrogens with two attached hydrogens (primary N) is 1. The SMILES string of the molecule is CC(C)C(N)C(=O)N1CCCCC1CN(Cc1ccccc1)C1CC1. The van der Waals surface area contributed by atoms with Crippen molar-refractivity contribution in [1.29, 1.82) is 0 Å². The summed E-state index contributed by atoms with van der Waals surface area (Å²) >= 11 is 0. The van der Waals surface area contributed by atoms with Gasteiger partial charge in [0, 0.05) is 31.7 Å². The Balaban J connectivity index is 1.67. The van der Waals surface area contributed by atoms with Crippen molar-refractivity contribution in [2.24, 2.45) is 11.7 Å². The van der Waals surface area contributed by atoms with E-state index in [-0.39, 0.29) is 17.9 Å². The summed E-state index contributed by atoms with van der Waals surface area (Å²) in [6.07, 6.45) is 6.01. The first kappa shape index (κ1) is 18.4. The Bertz CT molecular complexity index is 556. The van der Waals surface area contributed by atoms with Gasteiger partial charge in [-0.05, 0) is 43.6 Å². The number of carbonyl (C=O) groups is 1. The summed E-state index contributed by atoms with van der Waals surface area (Å²) in [6.45, 7) is 6.91. The molecular formula is C21H33N3O. The second-order valence-electron chi connectivity index (χ2n) is 8.10. The van der Waals surface area contributed by atoms with E-state index in [1.807, 2.05) is 13.8 Å². The minimum atomic E-state index is -0.371. The molecule has 0 aromatic heterocycles. The van der Waals surface area contributed by atoms with E-state index in [9.17, 15) is 4.79 Å². The third kappa shape index (κ3) is 4.83. The van der Waals surface area contributed by atoms with Crippen LogP contribution in [0.3, 0.4) is 0 Å². The molecule has 138 valence electrons. The summed E-state index contributed by atoms with van der Waals surface area (Å²) in [5, 5.41) is 0. The third-order valence-corrected chi connectivity index (χ3v) is 5.65. The molecule has 1 aromatic rings. The van der Waals surface area contributed by atoms with Gasteiger partial charge in [0.05, 0.1) is 6.04 Å². The van der Waals surface area contributed by atoms with Gasteiger partial charge in [0.15, 0.2) is 0 Å². The van der Waals surface area contributed by atoms with Gasteiger partial charge in [-0.25, -0.2) is 0 Å². The zero-order valence-electron chi connectivity index (χ0n) is 15.7. The molecule has 1 amide bonds. The average Bonchev–Trinajstić information content (AvgIpc) is 3.46. The van der Waals surface area contributed by atoms with Crippen molar-refractivity contribution in [3.05, 3.63) is 35.9 Å². The smallest absolute Gasteiger partial charge is 0.240 e. The second-order valence-corrected chi connectivity index (χ2v) is 8.10. The van der Waals surface area contributed by atoms with Crippen LogP contribution >= 0.6 is 0 Å². The summed E-state index contributed by atoms with van der Waals surface area (Å²) in [5.41, 5.74) is 7.54. The quantitative estimate of drug-likeness (QED) is 0.828. The van der Waals surface area contributed by atoms with Crippen LogP contribution in [-0.2, 0) is 11.3 Å². The molecule has 3 rings (SSSR count). The Kier molecular flexibility index (Phi) is 6.13. The van der Waals surface area contributed by atoms with Crippen molar-refractivity contribution in [1.82, 2.24) is 9.80 Å². The van der Waals surface area contributed by atoms with Crippen LogP contribution in [0.15, 0.2) is 30.3 Å². The van der Waals surface area contributed by atoms with Gasteiger partial charge < -0.3 is 10.6 Å². The van der Waals surface area contributed by atoms with Gasteiger partial charge in [0.1, 0.15) is 0 Å². The lowest BCUT2D eigenvalue weighted by Gasteiger charge is -2.40. The third-order valence-electron chi connectivity index (χ3n) is 5.65. The van der Waals surface area contributed by atoms with Gasteiger partial charge in [0.25, 0.3) is 0 Å². The van der Waals surface area contributed by atoms with Crippen LogP contribution in [0.5, 0.6) is 0 Å². The molecule has 1 aromatic carbocycles. The predicted molar refractivity (Wildman–Crippen MR) is 102 cm³/mol. The molecule has 1 heterocycles. The van der Waals surface area contributed by atoms with Crippen LogP contribution in [-0.4, -0.2) is 46.9 Å². The van der Waals surface area contributed by atoms with Gasteiger partial charge in [-0.1, -0.05) is 44.2 Å². The topological polar surface area (TPSA) is 49.6 Å². The van der Waals surface area contributed by atoms with Crippen LogP contribution in [0.1, 0.15) is 51.5 Å². The van der Waals surface area contributed by atoms with E-state index in [1.165, 1.54) is 24.8 Å². The van der Waals surface area contributed by atoms with Crippen LogP contribution in [0.2, 0.25) is 0 Å². The maximum atomic E-state index is 12.9. The fourth-order valence-corrected chi connectivity index (χ4v) is 3.83. The maximum Gasteiger partial charge on any atom is 0.240 e. The van der Waals surface area contributed by atoms with E-state index < -0.39 is 0 Å². The van der Waals surface area contributed by atoms with Crippen LogP contribution in [0.4, 0.5) is 0 Å². The zero-order chi connectivity index (χ0) is 17.8.